The third-order valence-electron chi connectivity index (χ3n) is 5.42. The van der Waals surface area contributed by atoms with E-state index in [0.29, 0.717) is 6.42 Å². The van der Waals surface area contributed by atoms with E-state index in [1.165, 1.54) is 16.7 Å². The van der Waals surface area contributed by atoms with Crippen LogP contribution < -0.4 is 5.32 Å². The second-order valence-corrected chi connectivity index (χ2v) is 7.84. The molecule has 2 aromatic carbocycles. The maximum absolute atomic E-state index is 12.0. The lowest BCUT2D eigenvalue weighted by Crippen LogP contribution is -2.30. The first-order valence-electron chi connectivity index (χ1n) is 9.50. The number of aliphatic hydroxyl groups excluding tert-OH is 1. The molecule has 0 saturated carbocycles. The van der Waals surface area contributed by atoms with E-state index in [-0.39, 0.29) is 24.9 Å². The van der Waals surface area contributed by atoms with Gasteiger partial charge in [-0.3, -0.25) is 4.79 Å². The Morgan fingerprint density at radius 3 is 2.89 bits per heavy atom. The Labute approximate surface area is 164 Å². The van der Waals surface area contributed by atoms with Gasteiger partial charge < -0.3 is 15.2 Å². The summed E-state index contributed by atoms with van der Waals surface area (Å²) >= 11 is 6.45. The zero-order valence-electron chi connectivity index (χ0n) is 15.2. The van der Waals surface area contributed by atoms with Crippen molar-refractivity contribution in [2.45, 2.75) is 44.4 Å². The maximum Gasteiger partial charge on any atom is 0.138 e. The number of ketones is 1. The predicted molar refractivity (Wildman–Crippen MR) is 105 cm³/mol. The molecule has 2 aromatic rings. The lowest BCUT2D eigenvalue weighted by atomic mass is 9.93. The number of ether oxygens (including phenoxy) is 1. The normalized spacial score (nSPS) is 22.5. The summed E-state index contributed by atoms with van der Waals surface area (Å²) in [6.45, 7) is 1.82. The molecule has 2 heterocycles. The van der Waals surface area contributed by atoms with Crippen LogP contribution in [0, 0.1) is 0 Å². The van der Waals surface area contributed by atoms with Gasteiger partial charge in [-0.1, -0.05) is 41.9 Å². The highest BCUT2D eigenvalue weighted by atomic mass is 35.5. The fourth-order valence-corrected chi connectivity index (χ4v) is 4.16. The molecule has 5 heteroatoms. The quantitative estimate of drug-likeness (QED) is 0.847. The Balaban J connectivity index is 1.56. The Kier molecular flexibility index (Phi) is 5.60. The van der Waals surface area contributed by atoms with Gasteiger partial charge >= 0.3 is 0 Å². The van der Waals surface area contributed by atoms with E-state index in [1.807, 2.05) is 18.2 Å². The number of hydrogen-bond acceptors (Lipinski definition) is 4. The standard InChI is InChI=1S/C22H24ClNO3/c23-21-4-3-16(22-11-19(26)10-20(13-25)27-22)9-17(21)7-14-1-2-15-5-6-24-12-18(15)8-14/h1-4,8-9,20,22,24-25H,5-7,10-13H2/t20-,22+/m0/s1. The second kappa shape index (κ2) is 8.11. The average Bonchev–Trinajstić information content (AvgIpc) is 2.69. The van der Waals surface area contributed by atoms with Crippen LogP contribution in [0.2, 0.25) is 5.02 Å². The summed E-state index contributed by atoms with van der Waals surface area (Å²) < 4.78 is 5.89. The van der Waals surface area contributed by atoms with E-state index >= 15 is 0 Å². The topological polar surface area (TPSA) is 58.6 Å². The Morgan fingerprint density at radius 1 is 1.15 bits per heavy atom. The molecule has 142 valence electrons. The molecular weight excluding hydrogens is 362 g/mol. The van der Waals surface area contributed by atoms with Crippen molar-refractivity contribution in [3.63, 3.8) is 0 Å². The van der Waals surface area contributed by atoms with Crippen LogP contribution >= 0.6 is 11.6 Å². The van der Waals surface area contributed by atoms with E-state index < -0.39 is 6.10 Å². The van der Waals surface area contributed by atoms with Gasteiger partial charge in [0.15, 0.2) is 0 Å². The number of aliphatic hydroxyl groups is 1. The van der Waals surface area contributed by atoms with Crippen LogP contribution in [-0.4, -0.2) is 30.1 Å². The summed E-state index contributed by atoms with van der Waals surface area (Å²) in [7, 11) is 0. The SMILES string of the molecule is O=C1C[C@@H](CO)O[C@@H](c2ccc(Cl)c(Cc3ccc4c(c3)CNCC4)c2)C1. The molecule has 0 radical (unpaired) electrons. The van der Waals surface area contributed by atoms with E-state index in [1.54, 1.807) is 0 Å². The third-order valence-corrected chi connectivity index (χ3v) is 5.79. The first kappa shape index (κ1) is 18.6. The second-order valence-electron chi connectivity index (χ2n) is 7.43. The predicted octanol–water partition coefficient (Wildman–Crippen LogP) is 3.36. The fraction of sp³-hybridized carbons (Fsp3) is 0.409. The first-order valence-corrected chi connectivity index (χ1v) is 9.88. The molecule has 2 atom stereocenters. The van der Waals surface area contributed by atoms with Crippen molar-refractivity contribution in [1.82, 2.24) is 5.32 Å². The van der Waals surface area contributed by atoms with Crippen molar-refractivity contribution >= 4 is 17.4 Å². The molecule has 0 spiro atoms. The molecular formula is C22H24ClNO3. The van der Waals surface area contributed by atoms with Crippen LogP contribution in [0.15, 0.2) is 36.4 Å². The fourth-order valence-electron chi connectivity index (χ4n) is 3.97. The van der Waals surface area contributed by atoms with Gasteiger partial charge in [0.25, 0.3) is 0 Å². The van der Waals surface area contributed by atoms with Crippen LogP contribution in [0.25, 0.3) is 0 Å². The van der Waals surface area contributed by atoms with Crippen LogP contribution in [0.4, 0.5) is 0 Å². The lowest BCUT2D eigenvalue weighted by Gasteiger charge is -2.28. The number of halogens is 1. The minimum absolute atomic E-state index is 0.129. The van der Waals surface area contributed by atoms with Crippen molar-refractivity contribution in [3.05, 3.63) is 69.2 Å². The van der Waals surface area contributed by atoms with Gasteiger partial charge in [0.05, 0.1) is 18.8 Å². The van der Waals surface area contributed by atoms with Crippen LogP contribution in [0.3, 0.4) is 0 Å². The Hall–Kier alpha value is -1.72. The molecule has 0 aromatic heterocycles. The van der Waals surface area contributed by atoms with Crippen molar-refractivity contribution in [1.29, 1.82) is 0 Å². The van der Waals surface area contributed by atoms with Crippen molar-refractivity contribution < 1.29 is 14.6 Å². The molecule has 1 saturated heterocycles. The molecule has 4 nitrogen and oxygen atoms in total. The molecule has 27 heavy (non-hydrogen) atoms. The minimum atomic E-state index is -0.413. The van der Waals surface area contributed by atoms with Gasteiger partial charge in [0, 0.05) is 24.4 Å². The summed E-state index contributed by atoms with van der Waals surface area (Å²) in [4.78, 5) is 12.0. The summed E-state index contributed by atoms with van der Waals surface area (Å²) in [5.41, 5.74) is 5.98. The lowest BCUT2D eigenvalue weighted by molar-refractivity contribution is -0.139. The Morgan fingerprint density at radius 2 is 2.04 bits per heavy atom. The molecule has 0 bridgehead atoms. The van der Waals surface area contributed by atoms with Crippen molar-refractivity contribution in [3.8, 4) is 0 Å². The number of hydrogen-bond donors (Lipinski definition) is 2. The number of benzene rings is 2. The van der Waals surface area contributed by atoms with Gasteiger partial charge in [0.2, 0.25) is 0 Å². The number of fused-ring (bicyclic) bond motifs is 1. The van der Waals surface area contributed by atoms with Crippen molar-refractivity contribution in [2.75, 3.05) is 13.2 Å². The highest BCUT2D eigenvalue weighted by Crippen LogP contribution is 2.32. The van der Waals surface area contributed by atoms with Gasteiger partial charge in [-0.05, 0) is 53.3 Å². The molecule has 2 aliphatic heterocycles. The van der Waals surface area contributed by atoms with E-state index in [9.17, 15) is 9.90 Å². The molecule has 0 amide bonds. The summed E-state index contributed by atoms with van der Waals surface area (Å²) in [6, 6.07) is 12.5. The highest BCUT2D eigenvalue weighted by molar-refractivity contribution is 6.31. The summed E-state index contributed by atoms with van der Waals surface area (Å²) in [5.74, 6) is 0.129. The van der Waals surface area contributed by atoms with Crippen LogP contribution in [-0.2, 0) is 28.9 Å². The van der Waals surface area contributed by atoms with E-state index in [0.717, 1.165) is 42.1 Å². The van der Waals surface area contributed by atoms with Crippen molar-refractivity contribution in [2.24, 2.45) is 0 Å². The number of carbonyl (C=O) groups is 1. The summed E-state index contributed by atoms with van der Waals surface area (Å²) in [6.07, 6.45) is 1.73. The number of Topliss-reactive ketones (excluding diaryl/α,β-unsaturated/α-hetero) is 1. The van der Waals surface area contributed by atoms with E-state index in [4.69, 9.17) is 16.3 Å². The zero-order chi connectivity index (χ0) is 18.8. The van der Waals surface area contributed by atoms with Crippen LogP contribution in [0.1, 0.15) is 46.8 Å². The summed E-state index contributed by atoms with van der Waals surface area (Å²) in [5, 5.41) is 13.5. The molecule has 0 unspecified atom stereocenters. The van der Waals surface area contributed by atoms with E-state index in [2.05, 4.69) is 23.5 Å². The molecule has 2 aliphatic rings. The van der Waals surface area contributed by atoms with Gasteiger partial charge in [0.1, 0.15) is 5.78 Å². The minimum Gasteiger partial charge on any atom is -0.394 e. The smallest absolute Gasteiger partial charge is 0.138 e. The number of nitrogens with one attached hydrogen (secondary N) is 1. The average molecular weight is 386 g/mol. The highest BCUT2D eigenvalue weighted by Gasteiger charge is 2.28. The number of rotatable bonds is 4. The molecule has 1 fully saturated rings. The molecule has 0 aliphatic carbocycles. The Bertz CT molecular complexity index is 851. The largest absolute Gasteiger partial charge is 0.394 e. The molecule has 4 rings (SSSR count). The third kappa shape index (κ3) is 4.25. The maximum atomic E-state index is 12.0. The van der Waals surface area contributed by atoms with Gasteiger partial charge in [-0.2, -0.15) is 0 Å². The zero-order valence-corrected chi connectivity index (χ0v) is 16.0. The number of carbonyl (C=O) groups excluding carboxylic acids is 1. The monoisotopic (exact) mass is 385 g/mol. The first-order chi connectivity index (χ1) is 13.1. The van der Waals surface area contributed by atoms with Gasteiger partial charge in [-0.25, -0.2) is 0 Å². The molecule has 2 N–H and O–H groups in total. The van der Waals surface area contributed by atoms with Gasteiger partial charge in [-0.15, -0.1) is 0 Å². The van der Waals surface area contributed by atoms with Crippen LogP contribution in [0.5, 0.6) is 0 Å².